The van der Waals surface area contributed by atoms with Crippen LogP contribution in [0.5, 0.6) is 0 Å². The van der Waals surface area contributed by atoms with Crippen molar-refractivity contribution in [2.45, 2.75) is 130 Å². The van der Waals surface area contributed by atoms with Crippen LogP contribution in [0.1, 0.15) is 143 Å². The summed E-state index contributed by atoms with van der Waals surface area (Å²) in [5.41, 5.74) is 3.17. The van der Waals surface area contributed by atoms with E-state index in [1.54, 1.807) is 24.3 Å². The molecule has 0 radical (unpaired) electrons. The number of carbonyl (C=O) groups excluding carboxylic acids is 2. The zero-order chi connectivity index (χ0) is 28.8. The summed E-state index contributed by atoms with van der Waals surface area (Å²) in [5.74, 6) is -1.23. The molecular weight excluding hydrogens is 504 g/mol. The van der Waals surface area contributed by atoms with Gasteiger partial charge < -0.3 is 0 Å². The van der Waals surface area contributed by atoms with E-state index in [0.717, 1.165) is 57.8 Å². The van der Waals surface area contributed by atoms with Gasteiger partial charge in [-0.25, -0.2) is 9.59 Å². The van der Waals surface area contributed by atoms with E-state index < -0.39 is 18.2 Å². The first-order valence-corrected chi connectivity index (χ1v) is 15.5. The second kappa shape index (κ2) is 21.1. The third-order valence-corrected chi connectivity index (χ3v) is 7.02. The van der Waals surface area contributed by atoms with Crippen LogP contribution in [-0.2, 0) is 32.4 Å². The third-order valence-electron chi connectivity index (χ3n) is 7.02. The Morgan fingerprint density at radius 3 is 1.30 bits per heavy atom. The highest BCUT2D eigenvalue weighted by atomic mass is 17.3. The second-order valence-corrected chi connectivity index (χ2v) is 10.6. The summed E-state index contributed by atoms with van der Waals surface area (Å²) in [6.45, 7) is 6.55. The molecule has 0 spiro atoms. The molecule has 0 saturated carbocycles. The molecule has 0 aliphatic rings. The highest BCUT2D eigenvalue weighted by Gasteiger charge is 2.19. The van der Waals surface area contributed by atoms with Crippen LogP contribution in [0.2, 0.25) is 0 Å². The maximum Gasteiger partial charge on any atom is 0.373 e. The van der Waals surface area contributed by atoms with Gasteiger partial charge in [0.25, 0.3) is 0 Å². The van der Waals surface area contributed by atoms with E-state index in [4.69, 9.17) is 19.6 Å². The molecule has 0 fully saturated rings. The molecule has 0 unspecified atom stereocenters. The maximum absolute atomic E-state index is 12.6. The molecule has 6 nitrogen and oxygen atoms in total. The summed E-state index contributed by atoms with van der Waals surface area (Å²) in [5, 5.41) is 0. The van der Waals surface area contributed by atoms with Crippen molar-refractivity contribution in [3.63, 3.8) is 0 Å². The highest BCUT2D eigenvalue weighted by molar-refractivity contribution is 5.89. The lowest BCUT2D eigenvalue weighted by Gasteiger charge is -2.15. The first-order valence-electron chi connectivity index (χ1n) is 15.5. The summed E-state index contributed by atoms with van der Waals surface area (Å²) in [4.78, 5) is 45.9. The summed E-state index contributed by atoms with van der Waals surface area (Å²) in [7, 11) is 0. The van der Waals surface area contributed by atoms with Gasteiger partial charge in [-0.1, -0.05) is 109 Å². The van der Waals surface area contributed by atoms with Gasteiger partial charge in [0.1, 0.15) is 0 Å². The topological polar surface area (TPSA) is 71.1 Å². The minimum absolute atomic E-state index is 0.394. The first kappa shape index (κ1) is 33.5. The smallest absolute Gasteiger partial charge is 0.290 e. The number of hydrogen-bond donors (Lipinski definition) is 0. The van der Waals surface area contributed by atoms with E-state index in [-0.39, 0.29) is 0 Å². The van der Waals surface area contributed by atoms with E-state index in [2.05, 4.69) is 20.8 Å². The normalized spacial score (nSPS) is 11.1. The molecule has 0 bridgehead atoms. The molecule has 2 rings (SSSR count). The van der Waals surface area contributed by atoms with E-state index in [1.165, 1.54) is 49.7 Å². The first-order chi connectivity index (χ1) is 19.6. The van der Waals surface area contributed by atoms with Gasteiger partial charge in [0, 0.05) is 6.42 Å². The molecule has 0 atom stereocenters. The Hall–Kier alpha value is -2.70. The van der Waals surface area contributed by atoms with Gasteiger partial charge in [-0.2, -0.15) is 0 Å². The molecule has 0 saturated heterocycles. The quantitative estimate of drug-likeness (QED) is 0.0625. The maximum atomic E-state index is 12.6. The number of hydrogen-bond acceptors (Lipinski definition) is 6. The highest BCUT2D eigenvalue weighted by Crippen LogP contribution is 2.16. The lowest BCUT2D eigenvalue weighted by atomic mass is 10.0. The monoisotopic (exact) mass is 554 g/mol. The average Bonchev–Trinajstić information content (AvgIpc) is 2.98. The van der Waals surface area contributed by atoms with E-state index in [9.17, 15) is 9.59 Å². The predicted molar refractivity (Wildman–Crippen MR) is 159 cm³/mol. The minimum Gasteiger partial charge on any atom is -0.290 e. The standard InChI is InChI=1S/C34H50O6/c1-4-7-10-13-16-19-32(37-39-33(35)30-24-20-28(21-25-30)17-14-11-8-5-2)38-40-34(36)31-26-22-29(23-27-31)18-15-12-9-6-3/h20-27,32H,4-19H2,1-3H3. The summed E-state index contributed by atoms with van der Waals surface area (Å²) < 4.78 is 0. The van der Waals surface area contributed by atoms with Gasteiger partial charge in [-0.15, -0.1) is 9.78 Å². The van der Waals surface area contributed by atoms with Crippen LogP contribution in [0.15, 0.2) is 48.5 Å². The zero-order valence-electron chi connectivity index (χ0n) is 25.0. The summed E-state index contributed by atoms with van der Waals surface area (Å²) in [6, 6.07) is 14.8. The van der Waals surface area contributed by atoms with Gasteiger partial charge in [0.2, 0.25) is 6.29 Å². The van der Waals surface area contributed by atoms with Crippen molar-refractivity contribution in [2.24, 2.45) is 0 Å². The third kappa shape index (κ3) is 14.1. The fourth-order valence-electron chi connectivity index (χ4n) is 4.44. The van der Waals surface area contributed by atoms with Crippen LogP contribution in [-0.4, -0.2) is 18.2 Å². The van der Waals surface area contributed by atoms with Crippen molar-refractivity contribution >= 4 is 11.9 Å². The van der Waals surface area contributed by atoms with Crippen LogP contribution in [0, 0.1) is 0 Å². The van der Waals surface area contributed by atoms with E-state index in [0.29, 0.717) is 17.5 Å². The fraction of sp³-hybridized carbons (Fsp3) is 0.588. The number of rotatable bonds is 22. The van der Waals surface area contributed by atoms with Crippen molar-refractivity contribution < 1.29 is 29.1 Å². The summed E-state index contributed by atoms with van der Waals surface area (Å²) >= 11 is 0. The molecule has 40 heavy (non-hydrogen) atoms. The van der Waals surface area contributed by atoms with Gasteiger partial charge >= 0.3 is 11.9 Å². The fourth-order valence-corrected chi connectivity index (χ4v) is 4.44. The predicted octanol–water partition coefficient (Wildman–Crippen LogP) is 9.50. The molecule has 0 aliphatic heterocycles. The molecule has 0 amide bonds. The molecule has 0 aliphatic carbocycles. The lowest BCUT2D eigenvalue weighted by Crippen LogP contribution is -2.22. The van der Waals surface area contributed by atoms with Gasteiger partial charge in [-0.05, 0) is 67.5 Å². The second-order valence-electron chi connectivity index (χ2n) is 10.6. The Bertz CT molecular complexity index is 866. The molecule has 222 valence electrons. The van der Waals surface area contributed by atoms with Crippen molar-refractivity contribution in [3.05, 3.63) is 70.8 Å². The Morgan fingerprint density at radius 2 is 0.900 bits per heavy atom. The van der Waals surface area contributed by atoms with E-state index >= 15 is 0 Å². The molecule has 6 heteroatoms. The van der Waals surface area contributed by atoms with Crippen LogP contribution in [0.25, 0.3) is 0 Å². The molecule has 2 aromatic carbocycles. The Labute approximate surface area is 241 Å². The number of carbonyl (C=O) groups is 2. The van der Waals surface area contributed by atoms with Gasteiger partial charge in [0.05, 0.1) is 11.1 Å². The molecule has 0 heterocycles. The Morgan fingerprint density at radius 1 is 0.525 bits per heavy atom. The number of unbranched alkanes of at least 4 members (excludes halogenated alkanes) is 10. The van der Waals surface area contributed by atoms with Crippen LogP contribution in [0.4, 0.5) is 0 Å². The van der Waals surface area contributed by atoms with Gasteiger partial charge in [0.15, 0.2) is 0 Å². The Balaban J connectivity index is 1.85. The van der Waals surface area contributed by atoms with Crippen LogP contribution < -0.4 is 0 Å². The SMILES string of the molecule is CCCCCCCC(OOC(=O)c1ccc(CCCCCC)cc1)OOC(=O)c1ccc(CCCCCC)cc1. The van der Waals surface area contributed by atoms with Crippen LogP contribution in [0.3, 0.4) is 0 Å². The number of benzene rings is 2. The zero-order valence-corrected chi connectivity index (χ0v) is 25.0. The lowest BCUT2D eigenvalue weighted by molar-refractivity contribution is -0.421. The Kier molecular flexibility index (Phi) is 17.7. The molecule has 2 aromatic rings. The van der Waals surface area contributed by atoms with Crippen LogP contribution >= 0.6 is 0 Å². The van der Waals surface area contributed by atoms with Crippen molar-refractivity contribution in [2.75, 3.05) is 0 Å². The minimum atomic E-state index is -1.01. The van der Waals surface area contributed by atoms with Crippen molar-refractivity contribution in [1.29, 1.82) is 0 Å². The van der Waals surface area contributed by atoms with E-state index in [1.807, 2.05) is 24.3 Å². The van der Waals surface area contributed by atoms with Crippen molar-refractivity contribution in [1.82, 2.24) is 0 Å². The largest absolute Gasteiger partial charge is 0.373 e. The molecular formula is C34H50O6. The van der Waals surface area contributed by atoms with Crippen molar-refractivity contribution in [3.8, 4) is 0 Å². The average molecular weight is 555 g/mol. The molecule has 0 N–H and O–H groups in total. The number of aryl methyl sites for hydroxylation is 2. The van der Waals surface area contributed by atoms with Gasteiger partial charge in [-0.3, -0.25) is 9.78 Å². The molecule has 0 aromatic heterocycles. The summed E-state index contributed by atoms with van der Waals surface area (Å²) in [6.07, 6.45) is 16.2.